The van der Waals surface area contributed by atoms with E-state index in [9.17, 15) is 4.79 Å². The molecule has 0 atom stereocenters. The van der Waals surface area contributed by atoms with E-state index in [1.165, 1.54) is 0 Å². The number of aromatic nitrogens is 4. The number of imidazole rings is 1. The average molecular weight is 348 g/mol. The first-order chi connectivity index (χ1) is 12.7. The van der Waals surface area contributed by atoms with Crippen molar-refractivity contribution < 1.29 is 9.53 Å². The Morgan fingerprint density at radius 1 is 1.19 bits per heavy atom. The highest BCUT2D eigenvalue weighted by atomic mass is 16.5. The van der Waals surface area contributed by atoms with Gasteiger partial charge >= 0.3 is 5.97 Å². The Morgan fingerprint density at radius 2 is 2.00 bits per heavy atom. The van der Waals surface area contributed by atoms with Crippen LogP contribution < -0.4 is 4.74 Å². The summed E-state index contributed by atoms with van der Waals surface area (Å²) in [5.41, 5.74) is 3.63. The summed E-state index contributed by atoms with van der Waals surface area (Å²) in [6.45, 7) is 3.90. The van der Waals surface area contributed by atoms with E-state index in [4.69, 9.17) is 14.7 Å². The zero-order chi connectivity index (χ0) is 17.8. The van der Waals surface area contributed by atoms with Crippen molar-refractivity contribution in [3.63, 3.8) is 0 Å². The number of carbonyl (C=O) groups is 1. The number of fused-ring (bicyclic) bond motifs is 5. The van der Waals surface area contributed by atoms with Crippen molar-refractivity contribution in [3.8, 4) is 5.75 Å². The number of aryl methyl sites for hydroxylation is 1. The molecule has 1 aliphatic rings. The molecule has 1 saturated carbocycles. The Balaban J connectivity index is 1.92. The van der Waals surface area contributed by atoms with Gasteiger partial charge in [0.1, 0.15) is 16.9 Å². The fourth-order valence-electron chi connectivity index (χ4n) is 3.58. The number of benzene rings is 1. The second-order valence-electron chi connectivity index (χ2n) is 6.80. The van der Waals surface area contributed by atoms with Crippen LogP contribution in [-0.4, -0.2) is 24.9 Å². The van der Waals surface area contributed by atoms with Crippen molar-refractivity contribution in [1.29, 1.82) is 0 Å². The maximum atomic E-state index is 12.0. The van der Waals surface area contributed by atoms with E-state index in [0.717, 1.165) is 52.8 Å². The van der Waals surface area contributed by atoms with Gasteiger partial charge in [-0.2, -0.15) is 0 Å². The molecule has 6 nitrogen and oxygen atoms in total. The van der Waals surface area contributed by atoms with E-state index in [0.29, 0.717) is 18.2 Å². The van der Waals surface area contributed by atoms with Crippen LogP contribution in [-0.2, 0) is 11.2 Å². The summed E-state index contributed by atoms with van der Waals surface area (Å²) in [7, 11) is 0. The molecule has 0 radical (unpaired) electrons. The summed E-state index contributed by atoms with van der Waals surface area (Å²) >= 11 is 0. The van der Waals surface area contributed by atoms with Crippen molar-refractivity contribution in [2.45, 2.75) is 45.6 Å². The third-order valence-corrected chi connectivity index (χ3v) is 5.02. The molecular formula is C20H20N4O2. The minimum atomic E-state index is -0.242. The van der Waals surface area contributed by atoms with Gasteiger partial charge in [0.15, 0.2) is 11.4 Å². The zero-order valence-electron chi connectivity index (χ0n) is 14.9. The third kappa shape index (κ3) is 2.14. The van der Waals surface area contributed by atoms with Gasteiger partial charge in [0, 0.05) is 25.1 Å². The van der Waals surface area contributed by atoms with Crippen molar-refractivity contribution in [2.24, 2.45) is 0 Å². The number of hydrogen-bond donors (Lipinski definition) is 0. The molecule has 4 aromatic rings. The summed E-state index contributed by atoms with van der Waals surface area (Å²) in [6, 6.07) is 8.49. The zero-order valence-corrected chi connectivity index (χ0v) is 14.9. The predicted octanol–water partition coefficient (Wildman–Crippen LogP) is 4.05. The van der Waals surface area contributed by atoms with Crippen LogP contribution in [0.2, 0.25) is 0 Å². The second-order valence-corrected chi connectivity index (χ2v) is 6.80. The van der Waals surface area contributed by atoms with Crippen molar-refractivity contribution in [3.05, 3.63) is 36.3 Å². The Bertz CT molecular complexity index is 1170. The van der Waals surface area contributed by atoms with Crippen LogP contribution in [0.3, 0.4) is 0 Å². The van der Waals surface area contributed by atoms with Crippen LogP contribution in [0.25, 0.3) is 27.7 Å². The van der Waals surface area contributed by atoms with Gasteiger partial charge in [-0.25, -0.2) is 9.97 Å². The van der Waals surface area contributed by atoms with Crippen LogP contribution in [0.15, 0.2) is 30.5 Å². The van der Waals surface area contributed by atoms with E-state index in [-0.39, 0.29) is 5.97 Å². The molecule has 1 fully saturated rings. The number of nitrogens with zero attached hydrogens (tertiary/aromatic N) is 4. The van der Waals surface area contributed by atoms with Crippen LogP contribution in [0.4, 0.5) is 0 Å². The lowest BCUT2D eigenvalue weighted by atomic mass is 10.3. The van der Waals surface area contributed by atoms with Crippen molar-refractivity contribution >= 4 is 33.7 Å². The lowest BCUT2D eigenvalue weighted by Crippen LogP contribution is -2.06. The normalized spacial score (nSPS) is 14.5. The number of esters is 1. The number of ether oxygens (including phenoxy) is 1. The van der Waals surface area contributed by atoms with Gasteiger partial charge in [-0.05, 0) is 25.0 Å². The van der Waals surface area contributed by atoms with E-state index >= 15 is 0 Å². The first-order valence-electron chi connectivity index (χ1n) is 9.22. The van der Waals surface area contributed by atoms with Crippen LogP contribution in [0.5, 0.6) is 5.75 Å². The summed E-state index contributed by atoms with van der Waals surface area (Å²) < 4.78 is 9.91. The van der Waals surface area contributed by atoms with Gasteiger partial charge in [0.2, 0.25) is 0 Å². The summed E-state index contributed by atoms with van der Waals surface area (Å²) in [5, 5.41) is 0.826. The van der Waals surface area contributed by atoms with E-state index in [1.807, 2.05) is 24.4 Å². The molecule has 0 amide bonds. The quantitative estimate of drug-likeness (QED) is 0.522. The summed E-state index contributed by atoms with van der Waals surface area (Å²) in [6.07, 6.45) is 5.34. The Kier molecular flexibility index (Phi) is 3.29. The average Bonchev–Trinajstić information content (AvgIpc) is 3.34. The highest BCUT2D eigenvalue weighted by Gasteiger charge is 2.29. The minimum Gasteiger partial charge on any atom is -0.424 e. The molecule has 0 bridgehead atoms. The Hall–Kier alpha value is -2.89. The summed E-state index contributed by atoms with van der Waals surface area (Å²) in [5.74, 6) is 1.29. The van der Waals surface area contributed by atoms with Crippen LogP contribution in [0, 0.1) is 0 Å². The van der Waals surface area contributed by atoms with Gasteiger partial charge in [0.25, 0.3) is 0 Å². The number of rotatable bonds is 4. The topological polar surface area (TPSA) is 61.4 Å². The molecular weight excluding hydrogens is 328 g/mol. The Labute approximate surface area is 150 Å². The van der Waals surface area contributed by atoms with Crippen LogP contribution >= 0.6 is 0 Å². The fourth-order valence-corrected chi connectivity index (χ4v) is 3.58. The van der Waals surface area contributed by atoms with Crippen molar-refractivity contribution in [2.75, 3.05) is 0 Å². The molecule has 0 saturated heterocycles. The SMILES string of the molecule is CCC(=O)Oc1cn(C2CC2)c2nc(CC)n3c4ccccc4nc3c12. The molecule has 26 heavy (non-hydrogen) atoms. The number of hydrogen-bond acceptors (Lipinski definition) is 4. The Morgan fingerprint density at radius 3 is 2.73 bits per heavy atom. The first kappa shape index (κ1) is 15.4. The maximum Gasteiger partial charge on any atom is 0.310 e. The van der Waals surface area contributed by atoms with Gasteiger partial charge in [-0.15, -0.1) is 0 Å². The molecule has 0 unspecified atom stereocenters. The molecule has 5 rings (SSSR count). The van der Waals surface area contributed by atoms with E-state index in [2.05, 4.69) is 22.0 Å². The summed E-state index contributed by atoms with van der Waals surface area (Å²) in [4.78, 5) is 21.8. The van der Waals surface area contributed by atoms with Gasteiger partial charge in [-0.1, -0.05) is 26.0 Å². The highest BCUT2D eigenvalue weighted by molar-refractivity contribution is 6.01. The fraction of sp³-hybridized carbons (Fsp3) is 0.350. The number of carbonyl (C=O) groups excluding carboxylic acids is 1. The molecule has 6 heteroatoms. The van der Waals surface area contributed by atoms with Crippen molar-refractivity contribution in [1.82, 2.24) is 18.9 Å². The molecule has 0 spiro atoms. The minimum absolute atomic E-state index is 0.242. The maximum absolute atomic E-state index is 12.0. The molecule has 132 valence electrons. The van der Waals surface area contributed by atoms with E-state index < -0.39 is 0 Å². The standard InChI is InChI=1S/C20H20N4O2/c1-3-16-22-19-18(20-21-13-7-5-6-8-14(13)24(16)20)15(26-17(25)4-2)11-23(19)12-9-10-12/h5-8,11-12H,3-4,9-10H2,1-2H3. The van der Waals surface area contributed by atoms with Gasteiger partial charge in [-0.3, -0.25) is 9.20 Å². The lowest BCUT2D eigenvalue weighted by Gasteiger charge is -2.07. The second kappa shape index (κ2) is 5.56. The first-order valence-corrected chi connectivity index (χ1v) is 9.22. The molecule has 1 aliphatic carbocycles. The number of para-hydroxylation sites is 2. The monoisotopic (exact) mass is 348 g/mol. The van der Waals surface area contributed by atoms with Gasteiger partial charge < -0.3 is 9.30 Å². The lowest BCUT2D eigenvalue weighted by molar-refractivity contribution is -0.133. The molecule has 0 N–H and O–H groups in total. The molecule has 3 heterocycles. The van der Waals surface area contributed by atoms with Crippen LogP contribution in [0.1, 0.15) is 45.0 Å². The molecule has 1 aromatic carbocycles. The van der Waals surface area contributed by atoms with Gasteiger partial charge in [0.05, 0.1) is 11.0 Å². The smallest absolute Gasteiger partial charge is 0.310 e. The highest BCUT2D eigenvalue weighted by Crippen LogP contribution is 2.42. The third-order valence-electron chi connectivity index (χ3n) is 5.02. The van der Waals surface area contributed by atoms with E-state index in [1.54, 1.807) is 6.92 Å². The molecule has 3 aromatic heterocycles. The predicted molar refractivity (Wildman–Crippen MR) is 99.6 cm³/mol. The largest absolute Gasteiger partial charge is 0.424 e. The molecule has 0 aliphatic heterocycles.